The molecule has 0 amide bonds. The fraction of sp³-hybridized carbons (Fsp3) is 0. The number of anilines is 2. The molecule has 9 nitrogen and oxygen atoms in total. The van der Waals surface area contributed by atoms with Gasteiger partial charge in [0.05, 0.1) is 21.1 Å². The van der Waals surface area contributed by atoms with Crippen molar-refractivity contribution in [3.8, 4) is 0 Å². The van der Waals surface area contributed by atoms with Crippen LogP contribution in [0, 0.1) is 0 Å². The molecule has 154 valence electrons. The number of nitrogens with one attached hydrogen (secondary N) is 2. The second kappa shape index (κ2) is 14.2. The Kier molecular flexibility index (Phi) is 12.3. The van der Waals surface area contributed by atoms with Crippen LogP contribution in [0.25, 0.3) is 0 Å². The first kappa shape index (κ1) is 25.2. The van der Waals surface area contributed by atoms with Crippen LogP contribution in [0.3, 0.4) is 0 Å². The summed E-state index contributed by atoms with van der Waals surface area (Å²) >= 11 is 12.5. The van der Waals surface area contributed by atoms with Gasteiger partial charge in [-0.2, -0.15) is 20.4 Å². The third-order valence-electron chi connectivity index (χ3n) is 2.43. The second-order valence-corrected chi connectivity index (χ2v) is 10.3. The zero-order valence-corrected chi connectivity index (χ0v) is 19.4. The predicted octanol–water partition coefficient (Wildman–Crippen LogP) is 1.34. The van der Waals surface area contributed by atoms with Crippen LogP contribution in [0.5, 0.6) is 0 Å². The van der Waals surface area contributed by atoms with Crippen molar-refractivity contribution in [1.29, 1.82) is 0 Å². The summed E-state index contributed by atoms with van der Waals surface area (Å²) in [7, 11) is 2.93. The Bertz CT molecular complexity index is 862. The van der Waals surface area contributed by atoms with Gasteiger partial charge >= 0.3 is 0 Å². The summed E-state index contributed by atoms with van der Waals surface area (Å²) in [4.78, 5) is 5.62. The molecule has 8 N–H and O–H groups in total. The van der Waals surface area contributed by atoms with Crippen molar-refractivity contribution in [3.05, 3.63) is 48.8 Å². The molecule has 29 heavy (non-hydrogen) atoms. The quantitative estimate of drug-likeness (QED) is 0.307. The van der Waals surface area contributed by atoms with Crippen LogP contribution in [-0.4, -0.2) is 25.9 Å². The molecule has 0 aliphatic carbocycles. The highest BCUT2D eigenvalue weighted by Gasteiger charge is 1.97. The van der Waals surface area contributed by atoms with Gasteiger partial charge in [0.1, 0.15) is 0 Å². The third kappa shape index (κ3) is 11.0. The average molecular weight is 505 g/mol. The van der Waals surface area contributed by atoms with Gasteiger partial charge in [0.25, 0.3) is 11.6 Å². The summed E-state index contributed by atoms with van der Waals surface area (Å²) in [5.74, 6) is 1.39. The van der Waals surface area contributed by atoms with E-state index in [1.807, 2.05) is 24.3 Å². The van der Waals surface area contributed by atoms with Crippen LogP contribution < -0.4 is 21.4 Å². The van der Waals surface area contributed by atoms with Crippen molar-refractivity contribution >= 4 is 81.2 Å². The van der Waals surface area contributed by atoms with Gasteiger partial charge in [-0.15, -0.1) is 0 Å². The van der Waals surface area contributed by atoms with Crippen LogP contribution in [0.15, 0.2) is 66.2 Å². The van der Waals surface area contributed by atoms with Crippen molar-refractivity contribution in [2.75, 3.05) is 11.5 Å². The SMILES string of the molecule is Nc1cccc[nH+]1.Nc1cccc[nH+]1.O.[S-]c1nnc(SSc2nnc([S-])s2)s1. The van der Waals surface area contributed by atoms with Gasteiger partial charge in [-0.05, 0) is 42.4 Å². The lowest BCUT2D eigenvalue weighted by Crippen LogP contribution is -2.06. The Hall–Kier alpha value is -1.88. The fourth-order valence-electron chi connectivity index (χ4n) is 1.35. The number of nitrogens with two attached hydrogens (primary N) is 2. The van der Waals surface area contributed by atoms with E-state index in [4.69, 9.17) is 36.7 Å². The molecule has 0 saturated carbocycles. The molecule has 4 rings (SSSR count). The third-order valence-corrected chi connectivity index (χ3v) is 7.48. The average Bonchev–Trinajstić information content (AvgIpc) is 3.30. The number of aromatic nitrogens is 6. The van der Waals surface area contributed by atoms with Crippen LogP contribution in [-0.2, 0) is 25.3 Å². The smallest absolute Gasteiger partial charge is 0.269 e. The summed E-state index contributed by atoms with van der Waals surface area (Å²) < 4.78 is 2.74. The molecule has 0 saturated heterocycles. The second-order valence-electron chi connectivity index (χ2n) is 4.47. The minimum atomic E-state index is 0. The van der Waals surface area contributed by atoms with Gasteiger partial charge < -0.3 is 53.4 Å². The normalized spacial score (nSPS) is 9.24. The lowest BCUT2D eigenvalue weighted by Gasteiger charge is -1.96. The fourth-order valence-corrected chi connectivity index (χ4v) is 5.73. The minimum Gasteiger partial charge on any atom is -0.412 e. The van der Waals surface area contributed by atoms with E-state index in [1.54, 1.807) is 24.5 Å². The summed E-state index contributed by atoms with van der Waals surface area (Å²) in [6.07, 6.45) is 3.57. The van der Waals surface area contributed by atoms with Crippen molar-refractivity contribution in [2.45, 2.75) is 17.4 Å². The van der Waals surface area contributed by atoms with Crippen LogP contribution in [0.1, 0.15) is 0 Å². The maximum atomic E-state index is 5.30. The van der Waals surface area contributed by atoms with Gasteiger partial charge in [0.15, 0.2) is 0 Å². The predicted molar refractivity (Wildman–Crippen MR) is 121 cm³/mol. The maximum absolute atomic E-state index is 5.30. The summed E-state index contributed by atoms with van der Waals surface area (Å²) in [6.45, 7) is 0. The van der Waals surface area contributed by atoms with E-state index in [0.717, 1.165) is 8.68 Å². The largest absolute Gasteiger partial charge is 0.412 e. The molecule has 0 aliphatic rings. The van der Waals surface area contributed by atoms with E-state index in [-0.39, 0.29) is 5.48 Å². The van der Waals surface area contributed by atoms with Crippen LogP contribution in [0.2, 0.25) is 0 Å². The first-order chi connectivity index (χ1) is 13.5. The molecule has 15 heteroatoms. The van der Waals surface area contributed by atoms with Crippen LogP contribution in [0.4, 0.5) is 11.6 Å². The molecular weight excluding hydrogens is 489 g/mol. The van der Waals surface area contributed by atoms with E-state index in [9.17, 15) is 0 Å². The molecule has 4 heterocycles. The number of nitrogens with zero attached hydrogens (tertiary/aromatic N) is 4. The molecule has 0 fully saturated rings. The molecule has 0 radical (unpaired) electrons. The number of pyridine rings is 2. The minimum absolute atomic E-state index is 0. The highest BCUT2D eigenvalue weighted by Crippen LogP contribution is 2.39. The zero-order chi connectivity index (χ0) is 20.2. The Labute approximate surface area is 193 Å². The zero-order valence-electron chi connectivity index (χ0n) is 14.5. The van der Waals surface area contributed by atoms with E-state index < -0.39 is 0 Å². The Morgan fingerprint density at radius 1 is 0.724 bits per heavy atom. The van der Waals surface area contributed by atoms with Crippen molar-refractivity contribution in [3.63, 3.8) is 0 Å². The number of rotatable bonds is 3. The van der Waals surface area contributed by atoms with Gasteiger partial charge in [-0.1, -0.05) is 12.1 Å². The Morgan fingerprint density at radius 2 is 1.14 bits per heavy atom. The van der Waals surface area contributed by atoms with Crippen molar-refractivity contribution in [1.82, 2.24) is 20.4 Å². The molecule has 0 aliphatic heterocycles. The van der Waals surface area contributed by atoms with Gasteiger partial charge in [-0.3, -0.25) is 11.5 Å². The highest BCUT2D eigenvalue weighted by atomic mass is 33.1. The lowest BCUT2D eigenvalue weighted by atomic mass is 10.5. The number of nitrogen functional groups attached to an aromatic ring is 2. The number of H-pyrrole nitrogens is 2. The van der Waals surface area contributed by atoms with E-state index >= 15 is 0 Å². The highest BCUT2D eigenvalue weighted by molar-refractivity contribution is 8.77. The van der Waals surface area contributed by atoms with E-state index in [1.165, 1.54) is 44.3 Å². The molecule has 0 unspecified atom stereocenters. The standard InChI is InChI=1S/2C5H6N2.C4H2N4S6.H2O/c2*6-5-3-1-2-4-7-5;9-1-5-7-3(11-1)13-14-4-8-6-2(10)12-4;/h2*1-4H,(H2,6,7);(H,5,9)(H,6,10);1H2. The van der Waals surface area contributed by atoms with E-state index in [0.29, 0.717) is 20.3 Å². The maximum Gasteiger partial charge on any atom is 0.269 e. The topological polar surface area (TPSA) is 163 Å². The number of hydrogen-bond acceptors (Lipinski definition) is 12. The molecule has 4 aromatic heterocycles. The van der Waals surface area contributed by atoms with E-state index in [2.05, 4.69) is 30.4 Å². The monoisotopic (exact) mass is 504 g/mol. The Morgan fingerprint density at radius 3 is 1.34 bits per heavy atom. The molecule has 0 bridgehead atoms. The number of hydrogen-bond donors (Lipinski definition) is 2. The van der Waals surface area contributed by atoms with Crippen molar-refractivity contribution < 1.29 is 15.4 Å². The van der Waals surface area contributed by atoms with Gasteiger partial charge in [0, 0.05) is 12.1 Å². The van der Waals surface area contributed by atoms with Gasteiger partial charge in [0.2, 0.25) is 0 Å². The molecular formula is C14H16N8OS6. The molecule has 0 atom stereocenters. The summed E-state index contributed by atoms with van der Waals surface area (Å²) in [6, 6.07) is 11.1. The summed E-state index contributed by atoms with van der Waals surface area (Å²) in [5.41, 5.74) is 10.6. The van der Waals surface area contributed by atoms with Gasteiger partial charge in [-0.25, -0.2) is 9.97 Å². The Balaban J connectivity index is 0.000000237. The first-order valence-electron chi connectivity index (χ1n) is 7.33. The van der Waals surface area contributed by atoms with Crippen LogP contribution >= 0.6 is 44.3 Å². The molecule has 0 aromatic carbocycles. The summed E-state index contributed by atoms with van der Waals surface area (Å²) in [5, 5.41) is 15.2. The molecule has 0 spiro atoms. The van der Waals surface area contributed by atoms with Crippen molar-refractivity contribution in [2.24, 2.45) is 0 Å². The first-order valence-corrected chi connectivity index (χ1v) is 11.9. The molecule has 4 aromatic rings. The lowest BCUT2D eigenvalue weighted by molar-refractivity contribution is -0.360. The number of aromatic amines is 2.